The predicted molar refractivity (Wildman–Crippen MR) is 80.4 cm³/mol. The van der Waals surface area contributed by atoms with Crippen LogP contribution >= 0.6 is 24.0 Å². The molecule has 1 aromatic carbocycles. The molecule has 108 valence electrons. The Hall–Kier alpha value is -0.350. The minimum atomic E-state index is -0.332. The summed E-state index contributed by atoms with van der Waals surface area (Å²) < 4.78 is 13.4. The fourth-order valence-electron chi connectivity index (χ4n) is 2.66. The molecule has 1 atom stereocenters. The first-order valence-corrected chi connectivity index (χ1v) is 6.96. The van der Waals surface area contributed by atoms with E-state index in [4.69, 9.17) is 17.3 Å². The van der Waals surface area contributed by atoms with Crippen molar-refractivity contribution in [2.45, 2.75) is 38.3 Å². The molecule has 0 amide bonds. The minimum absolute atomic E-state index is 0. The molecule has 0 aliphatic carbocycles. The molecular formula is C14H21Cl2FN2. The molecule has 5 heteroatoms. The Kier molecular flexibility index (Phi) is 7.08. The lowest BCUT2D eigenvalue weighted by Gasteiger charge is -2.35. The lowest BCUT2D eigenvalue weighted by molar-refractivity contribution is 0.134. The zero-order chi connectivity index (χ0) is 13.0. The van der Waals surface area contributed by atoms with Crippen LogP contribution in [0, 0.1) is 5.82 Å². The molecule has 0 bridgehead atoms. The molecule has 0 saturated carbocycles. The molecule has 2 rings (SSSR count). The largest absolute Gasteiger partial charge is 0.330 e. The van der Waals surface area contributed by atoms with Gasteiger partial charge in [0.15, 0.2) is 0 Å². The quantitative estimate of drug-likeness (QED) is 0.921. The number of nitrogens with zero attached hydrogens (tertiary/aromatic N) is 1. The van der Waals surface area contributed by atoms with E-state index in [0.717, 1.165) is 31.6 Å². The molecule has 1 aromatic rings. The van der Waals surface area contributed by atoms with Crippen LogP contribution in [0.5, 0.6) is 0 Å². The molecule has 1 aliphatic rings. The number of benzene rings is 1. The molecule has 1 heterocycles. The van der Waals surface area contributed by atoms with E-state index >= 15 is 0 Å². The van der Waals surface area contributed by atoms with Gasteiger partial charge in [-0.25, -0.2) is 4.39 Å². The van der Waals surface area contributed by atoms with Crippen LogP contribution in [-0.4, -0.2) is 24.0 Å². The third-order valence-corrected chi connectivity index (χ3v) is 3.93. The molecule has 1 fully saturated rings. The number of likely N-dealkylation sites (tertiary alicyclic amines) is 1. The molecular weight excluding hydrogens is 286 g/mol. The molecule has 1 saturated heterocycles. The standard InChI is InChI=1S/C14H20ClFN2.ClH/c15-13-5-4-11(9-14(13)16)10-18-8-2-1-3-12(18)6-7-17;/h4-5,9,12H,1-3,6-8,10,17H2;1H. The van der Waals surface area contributed by atoms with E-state index in [9.17, 15) is 4.39 Å². The van der Waals surface area contributed by atoms with Crippen LogP contribution in [0.25, 0.3) is 0 Å². The number of halogens is 3. The van der Waals surface area contributed by atoms with E-state index in [0.29, 0.717) is 6.04 Å². The van der Waals surface area contributed by atoms with Gasteiger partial charge in [-0.3, -0.25) is 4.90 Å². The van der Waals surface area contributed by atoms with Crippen molar-refractivity contribution in [2.75, 3.05) is 13.1 Å². The van der Waals surface area contributed by atoms with Crippen molar-refractivity contribution in [2.24, 2.45) is 5.73 Å². The number of hydrogen-bond acceptors (Lipinski definition) is 2. The molecule has 1 unspecified atom stereocenters. The van der Waals surface area contributed by atoms with Crippen molar-refractivity contribution in [3.63, 3.8) is 0 Å². The van der Waals surface area contributed by atoms with Gasteiger partial charge in [0.1, 0.15) is 5.82 Å². The van der Waals surface area contributed by atoms with Crippen molar-refractivity contribution in [1.82, 2.24) is 4.90 Å². The van der Waals surface area contributed by atoms with Gasteiger partial charge in [-0.2, -0.15) is 0 Å². The van der Waals surface area contributed by atoms with Gasteiger partial charge < -0.3 is 5.73 Å². The summed E-state index contributed by atoms with van der Waals surface area (Å²) in [7, 11) is 0. The maximum Gasteiger partial charge on any atom is 0.142 e. The minimum Gasteiger partial charge on any atom is -0.330 e. The topological polar surface area (TPSA) is 29.3 Å². The zero-order valence-electron chi connectivity index (χ0n) is 10.9. The molecule has 0 radical (unpaired) electrons. The summed E-state index contributed by atoms with van der Waals surface area (Å²) in [6.07, 6.45) is 4.72. The third-order valence-electron chi connectivity index (χ3n) is 3.62. The zero-order valence-corrected chi connectivity index (χ0v) is 12.5. The predicted octanol–water partition coefficient (Wildman–Crippen LogP) is 3.60. The van der Waals surface area contributed by atoms with E-state index in [1.165, 1.54) is 25.3 Å². The Labute approximate surface area is 125 Å². The number of rotatable bonds is 4. The molecule has 0 aromatic heterocycles. The first-order valence-electron chi connectivity index (χ1n) is 6.58. The highest BCUT2D eigenvalue weighted by molar-refractivity contribution is 6.30. The van der Waals surface area contributed by atoms with Gasteiger partial charge in [-0.05, 0) is 50.0 Å². The Morgan fingerprint density at radius 3 is 2.84 bits per heavy atom. The van der Waals surface area contributed by atoms with Crippen LogP contribution in [0.4, 0.5) is 4.39 Å². The second-order valence-corrected chi connectivity index (χ2v) is 5.35. The Morgan fingerprint density at radius 2 is 2.16 bits per heavy atom. The van der Waals surface area contributed by atoms with Gasteiger partial charge in [-0.1, -0.05) is 24.1 Å². The summed E-state index contributed by atoms with van der Waals surface area (Å²) >= 11 is 5.70. The second kappa shape index (κ2) is 8.05. The fourth-order valence-corrected chi connectivity index (χ4v) is 2.78. The van der Waals surface area contributed by atoms with Gasteiger partial charge in [0.05, 0.1) is 5.02 Å². The number of hydrogen-bond donors (Lipinski definition) is 1. The van der Waals surface area contributed by atoms with Crippen molar-refractivity contribution in [3.8, 4) is 0 Å². The average Bonchev–Trinajstić information content (AvgIpc) is 2.37. The monoisotopic (exact) mass is 306 g/mol. The number of piperidine rings is 1. The van der Waals surface area contributed by atoms with Crippen LogP contribution < -0.4 is 5.73 Å². The molecule has 19 heavy (non-hydrogen) atoms. The first kappa shape index (κ1) is 16.7. The van der Waals surface area contributed by atoms with Crippen LogP contribution in [0.2, 0.25) is 5.02 Å². The number of nitrogens with two attached hydrogens (primary N) is 1. The van der Waals surface area contributed by atoms with Crippen LogP contribution in [-0.2, 0) is 6.54 Å². The van der Waals surface area contributed by atoms with Crippen LogP contribution in [0.3, 0.4) is 0 Å². The van der Waals surface area contributed by atoms with Gasteiger partial charge in [0.25, 0.3) is 0 Å². The normalized spacial score (nSPS) is 20.1. The van der Waals surface area contributed by atoms with Gasteiger partial charge in [0, 0.05) is 12.6 Å². The Bertz CT molecular complexity index is 399. The highest BCUT2D eigenvalue weighted by Gasteiger charge is 2.21. The van der Waals surface area contributed by atoms with E-state index in [1.807, 2.05) is 6.07 Å². The SMILES string of the molecule is Cl.NCCC1CCCCN1Cc1ccc(Cl)c(F)c1. The lowest BCUT2D eigenvalue weighted by atomic mass is 9.98. The summed E-state index contributed by atoms with van der Waals surface area (Å²) in [5, 5.41) is 0.191. The van der Waals surface area contributed by atoms with Crippen LogP contribution in [0.1, 0.15) is 31.2 Å². The molecule has 2 nitrogen and oxygen atoms in total. The summed E-state index contributed by atoms with van der Waals surface area (Å²) in [6, 6.07) is 5.62. The van der Waals surface area contributed by atoms with Gasteiger partial charge in [0.2, 0.25) is 0 Å². The third kappa shape index (κ3) is 4.60. The van der Waals surface area contributed by atoms with Crippen molar-refractivity contribution < 1.29 is 4.39 Å². The summed E-state index contributed by atoms with van der Waals surface area (Å²) in [5.74, 6) is -0.332. The fraction of sp³-hybridized carbons (Fsp3) is 0.571. The van der Waals surface area contributed by atoms with Crippen molar-refractivity contribution in [1.29, 1.82) is 0 Å². The summed E-state index contributed by atoms with van der Waals surface area (Å²) in [4.78, 5) is 2.42. The van der Waals surface area contributed by atoms with E-state index in [1.54, 1.807) is 6.07 Å². The highest BCUT2D eigenvalue weighted by atomic mass is 35.5. The Morgan fingerprint density at radius 1 is 1.37 bits per heavy atom. The maximum atomic E-state index is 13.4. The average molecular weight is 307 g/mol. The van der Waals surface area contributed by atoms with Gasteiger partial charge >= 0.3 is 0 Å². The molecule has 1 aliphatic heterocycles. The van der Waals surface area contributed by atoms with Crippen LogP contribution in [0.15, 0.2) is 18.2 Å². The van der Waals surface area contributed by atoms with E-state index < -0.39 is 0 Å². The second-order valence-electron chi connectivity index (χ2n) is 4.95. The maximum absolute atomic E-state index is 13.4. The smallest absolute Gasteiger partial charge is 0.142 e. The first-order chi connectivity index (χ1) is 8.70. The summed E-state index contributed by atoms with van der Waals surface area (Å²) in [6.45, 7) is 2.59. The van der Waals surface area contributed by atoms with Gasteiger partial charge in [-0.15, -0.1) is 12.4 Å². The van der Waals surface area contributed by atoms with Crippen molar-refractivity contribution in [3.05, 3.63) is 34.6 Å². The molecule has 2 N–H and O–H groups in total. The summed E-state index contributed by atoms with van der Waals surface area (Å²) in [5.41, 5.74) is 6.64. The van der Waals surface area contributed by atoms with E-state index in [2.05, 4.69) is 4.90 Å². The van der Waals surface area contributed by atoms with Crippen molar-refractivity contribution >= 4 is 24.0 Å². The molecule has 0 spiro atoms. The highest BCUT2D eigenvalue weighted by Crippen LogP contribution is 2.23. The van der Waals surface area contributed by atoms with E-state index in [-0.39, 0.29) is 23.2 Å². The lowest BCUT2D eigenvalue weighted by Crippen LogP contribution is -2.40. The Balaban J connectivity index is 0.00000180.